The summed E-state index contributed by atoms with van der Waals surface area (Å²) in [6.07, 6.45) is -5.49. The normalized spacial score (nSPS) is 13.2. The van der Waals surface area contributed by atoms with Crippen LogP contribution < -0.4 is 10.1 Å². The van der Waals surface area contributed by atoms with E-state index in [-0.39, 0.29) is 11.1 Å². The summed E-state index contributed by atoms with van der Waals surface area (Å²) >= 11 is 0. The van der Waals surface area contributed by atoms with Crippen LogP contribution in [-0.4, -0.2) is 12.0 Å². The van der Waals surface area contributed by atoms with E-state index in [1.165, 1.54) is 25.1 Å². The smallest absolute Gasteiger partial charge is 0.418 e. The molecule has 1 atom stereocenters. The lowest BCUT2D eigenvalue weighted by Crippen LogP contribution is -2.31. The number of amides is 1. The maximum atomic E-state index is 13.0. The van der Waals surface area contributed by atoms with Crippen LogP contribution in [0.2, 0.25) is 0 Å². The Bertz CT molecular complexity index is 762. The first-order valence-corrected chi connectivity index (χ1v) is 8.23. The molecule has 1 N–H and O–H groups in total. The van der Waals surface area contributed by atoms with Gasteiger partial charge in [-0.1, -0.05) is 45.0 Å². The molecule has 140 valence electrons. The van der Waals surface area contributed by atoms with Gasteiger partial charge < -0.3 is 10.1 Å². The highest BCUT2D eigenvalue weighted by Gasteiger charge is 2.34. The molecule has 0 aromatic heterocycles. The van der Waals surface area contributed by atoms with E-state index in [4.69, 9.17) is 4.74 Å². The Morgan fingerprint density at radius 1 is 1.00 bits per heavy atom. The van der Waals surface area contributed by atoms with E-state index >= 15 is 0 Å². The van der Waals surface area contributed by atoms with Crippen molar-refractivity contribution in [2.45, 2.75) is 45.4 Å². The number of hydrogen-bond acceptors (Lipinski definition) is 2. The Morgan fingerprint density at radius 2 is 1.58 bits per heavy atom. The summed E-state index contributed by atoms with van der Waals surface area (Å²) < 4.78 is 44.5. The molecule has 0 aliphatic rings. The zero-order chi connectivity index (χ0) is 19.5. The molecule has 0 radical (unpaired) electrons. The van der Waals surface area contributed by atoms with E-state index in [1.54, 1.807) is 12.1 Å². The molecule has 1 unspecified atom stereocenters. The van der Waals surface area contributed by atoms with Gasteiger partial charge in [-0.15, -0.1) is 0 Å². The fourth-order valence-electron chi connectivity index (χ4n) is 2.36. The summed E-state index contributed by atoms with van der Waals surface area (Å²) in [6.45, 7) is 7.73. The first kappa shape index (κ1) is 19.8. The summed E-state index contributed by atoms with van der Waals surface area (Å²) in [6, 6.07) is 12.1. The third kappa shape index (κ3) is 5.00. The van der Waals surface area contributed by atoms with Gasteiger partial charge in [0.15, 0.2) is 6.10 Å². The molecule has 0 aliphatic carbocycles. The molecular formula is C20H22F3NO2. The lowest BCUT2D eigenvalue weighted by atomic mass is 9.87. The first-order valence-electron chi connectivity index (χ1n) is 8.23. The van der Waals surface area contributed by atoms with Gasteiger partial charge in [0.25, 0.3) is 5.91 Å². The third-order valence-corrected chi connectivity index (χ3v) is 3.89. The minimum atomic E-state index is -4.54. The fourth-order valence-corrected chi connectivity index (χ4v) is 2.36. The van der Waals surface area contributed by atoms with Crippen LogP contribution in [0.5, 0.6) is 5.75 Å². The lowest BCUT2D eigenvalue weighted by Gasteiger charge is -2.20. The standard InChI is InChI=1S/C20H22F3NO2/c1-13(26-15-11-9-14(10-12-15)19(2,3)4)18(25)24-17-8-6-5-7-16(17)20(21,22)23/h5-13H,1-4H3,(H,24,25). The van der Waals surface area contributed by atoms with Crippen molar-refractivity contribution in [3.63, 3.8) is 0 Å². The number of benzene rings is 2. The van der Waals surface area contributed by atoms with Gasteiger partial charge in [0.2, 0.25) is 0 Å². The fraction of sp³-hybridized carbons (Fsp3) is 0.350. The number of anilines is 1. The van der Waals surface area contributed by atoms with Crippen LogP contribution in [0.1, 0.15) is 38.8 Å². The summed E-state index contributed by atoms with van der Waals surface area (Å²) in [7, 11) is 0. The van der Waals surface area contributed by atoms with Crippen LogP contribution in [-0.2, 0) is 16.4 Å². The number of carbonyl (C=O) groups is 1. The second kappa shape index (κ2) is 7.40. The number of carbonyl (C=O) groups excluding carboxylic acids is 1. The zero-order valence-electron chi connectivity index (χ0n) is 15.1. The molecule has 26 heavy (non-hydrogen) atoms. The van der Waals surface area contributed by atoms with Crippen molar-refractivity contribution < 1.29 is 22.7 Å². The van der Waals surface area contributed by atoms with Crippen LogP contribution in [0, 0.1) is 0 Å². The minimum absolute atomic E-state index is 0.0111. The van der Waals surface area contributed by atoms with E-state index in [2.05, 4.69) is 26.1 Å². The van der Waals surface area contributed by atoms with E-state index in [0.717, 1.165) is 11.6 Å². The molecule has 6 heteroatoms. The number of hydrogen-bond donors (Lipinski definition) is 1. The molecule has 0 heterocycles. The van der Waals surface area contributed by atoms with Gasteiger partial charge in [-0.3, -0.25) is 4.79 Å². The van der Waals surface area contributed by atoms with Crippen LogP contribution in [0.4, 0.5) is 18.9 Å². The Kier molecular flexibility index (Phi) is 5.64. The second-order valence-electron chi connectivity index (χ2n) is 7.07. The molecule has 0 saturated heterocycles. The summed E-state index contributed by atoms with van der Waals surface area (Å²) in [5.41, 5.74) is -0.0808. The van der Waals surface area contributed by atoms with Gasteiger partial charge in [0.05, 0.1) is 11.3 Å². The molecule has 2 aromatic carbocycles. The quantitative estimate of drug-likeness (QED) is 0.787. The van der Waals surface area contributed by atoms with Crippen molar-refractivity contribution in [1.82, 2.24) is 0 Å². The van der Waals surface area contributed by atoms with Crippen LogP contribution in [0.15, 0.2) is 48.5 Å². The topological polar surface area (TPSA) is 38.3 Å². The maximum absolute atomic E-state index is 13.0. The molecule has 0 saturated carbocycles. The molecule has 0 bridgehead atoms. The van der Waals surface area contributed by atoms with E-state index in [0.29, 0.717) is 5.75 Å². The Hall–Kier alpha value is -2.50. The molecule has 0 aliphatic heterocycles. The summed E-state index contributed by atoms with van der Waals surface area (Å²) in [4.78, 5) is 12.2. The van der Waals surface area contributed by atoms with Crippen LogP contribution >= 0.6 is 0 Å². The molecule has 0 spiro atoms. The van der Waals surface area contributed by atoms with Gasteiger partial charge in [-0.25, -0.2) is 0 Å². The first-order chi connectivity index (χ1) is 12.0. The SMILES string of the molecule is CC(Oc1ccc(C(C)(C)C)cc1)C(=O)Nc1ccccc1C(F)(F)F. The largest absolute Gasteiger partial charge is 0.481 e. The Labute approximate surface area is 151 Å². The number of para-hydroxylation sites is 1. The number of nitrogens with one attached hydrogen (secondary N) is 1. The lowest BCUT2D eigenvalue weighted by molar-refractivity contribution is -0.137. The number of ether oxygens (including phenoxy) is 1. The predicted octanol–water partition coefficient (Wildman–Crippen LogP) is 5.41. The number of rotatable bonds is 4. The summed E-state index contributed by atoms with van der Waals surface area (Å²) in [5.74, 6) is -0.175. The Balaban J connectivity index is 2.07. The van der Waals surface area contributed by atoms with Gasteiger partial charge in [-0.2, -0.15) is 13.2 Å². The van der Waals surface area contributed by atoms with Crippen molar-refractivity contribution in [2.75, 3.05) is 5.32 Å². The third-order valence-electron chi connectivity index (χ3n) is 3.89. The number of alkyl halides is 3. The molecule has 0 fully saturated rings. The van der Waals surface area contributed by atoms with Crippen molar-refractivity contribution in [2.24, 2.45) is 0 Å². The molecule has 2 rings (SSSR count). The minimum Gasteiger partial charge on any atom is -0.481 e. The van der Waals surface area contributed by atoms with E-state index in [9.17, 15) is 18.0 Å². The van der Waals surface area contributed by atoms with Crippen molar-refractivity contribution in [3.05, 3.63) is 59.7 Å². The highest BCUT2D eigenvalue weighted by atomic mass is 19.4. The molecule has 2 aromatic rings. The van der Waals surface area contributed by atoms with Gasteiger partial charge in [0, 0.05) is 0 Å². The molecular weight excluding hydrogens is 343 g/mol. The van der Waals surface area contributed by atoms with E-state index < -0.39 is 23.8 Å². The monoisotopic (exact) mass is 365 g/mol. The van der Waals surface area contributed by atoms with Crippen molar-refractivity contribution in [1.29, 1.82) is 0 Å². The summed E-state index contributed by atoms with van der Waals surface area (Å²) in [5, 5.41) is 2.29. The number of halogens is 3. The Morgan fingerprint density at radius 3 is 2.12 bits per heavy atom. The van der Waals surface area contributed by atoms with Crippen LogP contribution in [0.25, 0.3) is 0 Å². The average molecular weight is 365 g/mol. The van der Waals surface area contributed by atoms with E-state index in [1.807, 2.05) is 12.1 Å². The second-order valence-corrected chi connectivity index (χ2v) is 7.07. The van der Waals surface area contributed by atoms with Gasteiger partial charge in [0.1, 0.15) is 5.75 Å². The average Bonchev–Trinajstić information content (AvgIpc) is 2.54. The highest BCUT2D eigenvalue weighted by Crippen LogP contribution is 2.34. The zero-order valence-corrected chi connectivity index (χ0v) is 15.1. The van der Waals surface area contributed by atoms with Crippen LogP contribution in [0.3, 0.4) is 0 Å². The highest BCUT2D eigenvalue weighted by molar-refractivity contribution is 5.94. The maximum Gasteiger partial charge on any atom is 0.418 e. The van der Waals surface area contributed by atoms with Crippen molar-refractivity contribution in [3.8, 4) is 5.75 Å². The molecule has 1 amide bonds. The van der Waals surface area contributed by atoms with Gasteiger partial charge in [-0.05, 0) is 42.2 Å². The molecule has 3 nitrogen and oxygen atoms in total. The van der Waals surface area contributed by atoms with Crippen molar-refractivity contribution >= 4 is 11.6 Å². The predicted molar refractivity (Wildman–Crippen MR) is 95.3 cm³/mol. The van der Waals surface area contributed by atoms with Gasteiger partial charge >= 0.3 is 6.18 Å².